The third kappa shape index (κ3) is 5.63. The Labute approximate surface area is 64.7 Å². The van der Waals surface area contributed by atoms with Crippen molar-refractivity contribution < 1.29 is 20.1 Å². The van der Waals surface area contributed by atoms with Crippen molar-refractivity contribution >= 4 is 6.09 Å². The van der Waals surface area contributed by atoms with Crippen molar-refractivity contribution in [3.63, 3.8) is 0 Å². The van der Waals surface area contributed by atoms with Crippen LogP contribution in [0.4, 0.5) is 4.79 Å². The van der Waals surface area contributed by atoms with Gasteiger partial charge in [0, 0.05) is 6.61 Å². The second-order valence-electron chi connectivity index (χ2n) is 2.19. The van der Waals surface area contributed by atoms with Crippen LogP contribution in [-0.4, -0.2) is 40.7 Å². The van der Waals surface area contributed by atoms with E-state index in [9.17, 15) is 4.79 Å². The summed E-state index contributed by atoms with van der Waals surface area (Å²) in [5.74, 6) is 0. The first kappa shape index (κ1) is 10.2. The third-order valence-corrected chi connectivity index (χ3v) is 1.26. The average Bonchev–Trinajstić information content (AvgIpc) is 1.97. The summed E-state index contributed by atoms with van der Waals surface area (Å²) >= 11 is 0. The maximum Gasteiger partial charge on any atom is 0.404 e. The van der Waals surface area contributed by atoms with Gasteiger partial charge in [-0.05, 0) is 12.8 Å². The number of rotatable bonds is 5. The Morgan fingerprint density at radius 1 is 1.45 bits per heavy atom. The Kier molecular flexibility index (Phi) is 5.50. The van der Waals surface area contributed by atoms with E-state index < -0.39 is 12.1 Å². The number of carboxylic acid groups (broad SMARTS) is 1. The number of nitrogens with one attached hydrogen (secondary N) is 1. The highest BCUT2D eigenvalue weighted by atomic mass is 16.4. The molecule has 0 rings (SSSR count). The van der Waals surface area contributed by atoms with E-state index in [0.717, 1.165) is 0 Å². The molecule has 0 aromatic heterocycles. The van der Waals surface area contributed by atoms with Crippen molar-refractivity contribution in [1.29, 1.82) is 0 Å². The van der Waals surface area contributed by atoms with E-state index in [2.05, 4.69) is 5.32 Å². The highest BCUT2D eigenvalue weighted by Crippen LogP contribution is 1.94. The van der Waals surface area contributed by atoms with Gasteiger partial charge in [0.2, 0.25) is 0 Å². The van der Waals surface area contributed by atoms with Crippen LogP contribution in [-0.2, 0) is 0 Å². The third-order valence-electron chi connectivity index (χ3n) is 1.26. The molecule has 11 heavy (non-hydrogen) atoms. The maximum absolute atomic E-state index is 10.0. The van der Waals surface area contributed by atoms with Crippen LogP contribution in [0.2, 0.25) is 0 Å². The highest BCUT2D eigenvalue weighted by molar-refractivity contribution is 5.64. The molecule has 0 saturated heterocycles. The summed E-state index contributed by atoms with van der Waals surface area (Å²) in [6, 6.07) is -0.459. The van der Waals surface area contributed by atoms with Gasteiger partial charge >= 0.3 is 6.09 Å². The van der Waals surface area contributed by atoms with Crippen LogP contribution < -0.4 is 5.32 Å². The average molecular weight is 163 g/mol. The van der Waals surface area contributed by atoms with E-state index >= 15 is 0 Å². The zero-order valence-electron chi connectivity index (χ0n) is 6.16. The zero-order valence-corrected chi connectivity index (χ0v) is 6.16. The molecule has 0 aromatic carbocycles. The van der Waals surface area contributed by atoms with E-state index in [4.69, 9.17) is 15.3 Å². The van der Waals surface area contributed by atoms with E-state index in [0.29, 0.717) is 12.8 Å². The number of aliphatic hydroxyl groups is 2. The van der Waals surface area contributed by atoms with Gasteiger partial charge in [0.25, 0.3) is 0 Å². The van der Waals surface area contributed by atoms with Crippen molar-refractivity contribution in [3.8, 4) is 0 Å². The minimum absolute atomic E-state index is 0.0117. The molecule has 0 spiro atoms. The summed E-state index contributed by atoms with van der Waals surface area (Å²) in [5.41, 5.74) is 0. The van der Waals surface area contributed by atoms with Gasteiger partial charge in [0.1, 0.15) is 0 Å². The first-order chi connectivity index (χ1) is 5.20. The fourth-order valence-electron chi connectivity index (χ4n) is 0.721. The molecule has 0 aliphatic heterocycles. The molecule has 0 radical (unpaired) electrons. The molecule has 1 amide bonds. The summed E-state index contributed by atoms with van der Waals surface area (Å²) in [5, 5.41) is 27.3. The maximum atomic E-state index is 10.0. The molecule has 66 valence electrons. The van der Waals surface area contributed by atoms with Crippen LogP contribution in [0.5, 0.6) is 0 Å². The Bertz CT molecular complexity index is 117. The molecule has 0 saturated carbocycles. The van der Waals surface area contributed by atoms with E-state index in [1.807, 2.05) is 0 Å². The van der Waals surface area contributed by atoms with E-state index in [1.165, 1.54) is 0 Å². The van der Waals surface area contributed by atoms with Gasteiger partial charge < -0.3 is 20.6 Å². The number of hydrogen-bond donors (Lipinski definition) is 4. The van der Waals surface area contributed by atoms with Gasteiger partial charge in [-0.2, -0.15) is 0 Å². The van der Waals surface area contributed by atoms with Crippen molar-refractivity contribution in [2.45, 2.75) is 18.9 Å². The Morgan fingerprint density at radius 3 is 2.45 bits per heavy atom. The van der Waals surface area contributed by atoms with Crippen molar-refractivity contribution in [2.75, 3.05) is 13.2 Å². The lowest BCUT2D eigenvalue weighted by Gasteiger charge is -2.12. The molecule has 0 aliphatic rings. The molecule has 0 unspecified atom stereocenters. The normalized spacial score (nSPS) is 12.5. The lowest BCUT2D eigenvalue weighted by atomic mass is 10.2. The molecule has 0 heterocycles. The second-order valence-corrected chi connectivity index (χ2v) is 2.19. The van der Waals surface area contributed by atoms with E-state index in [1.54, 1.807) is 0 Å². The number of hydrogen-bond acceptors (Lipinski definition) is 3. The Balaban J connectivity index is 3.49. The van der Waals surface area contributed by atoms with Crippen LogP contribution in [0.3, 0.4) is 0 Å². The second kappa shape index (κ2) is 5.94. The van der Waals surface area contributed by atoms with Crippen LogP contribution in [0.15, 0.2) is 0 Å². The minimum Gasteiger partial charge on any atom is -0.465 e. The van der Waals surface area contributed by atoms with Gasteiger partial charge in [-0.25, -0.2) is 4.79 Å². The summed E-state index contributed by atoms with van der Waals surface area (Å²) in [6.45, 7) is -0.218. The van der Waals surface area contributed by atoms with E-state index in [-0.39, 0.29) is 13.2 Å². The van der Waals surface area contributed by atoms with Crippen molar-refractivity contribution in [3.05, 3.63) is 0 Å². The molecule has 0 bridgehead atoms. The lowest BCUT2D eigenvalue weighted by Crippen LogP contribution is -2.36. The van der Waals surface area contributed by atoms with Gasteiger partial charge in [-0.1, -0.05) is 0 Å². The Morgan fingerprint density at radius 2 is 2.09 bits per heavy atom. The molecule has 0 fully saturated rings. The molecule has 5 heteroatoms. The number of aliphatic hydroxyl groups excluding tert-OH is 2. The van der Waals surface area contributed by atoms with Gasteiger partial charge in [0.15, 0.2) is 0 Å². The standard InChI is InChI=1S/C6H13NO4/c8-3-1-2-5(4-9)7-6(10)11/h5,7-9H,1-4H2,(H,10,11)/t5-/m1/s1. The molecule has 5 nitrogen and oxygen atoms in total. The molecule has 1 atom stereocenters. The quantitative estimate of drug-likeness (QED) is 0.435. The molecular formula is C6H13NO4. The number of carbonyl (C=O) groups is 1. The van der Waals surface area contributed by atoms with Crippen LogP contribution in [0.25, 0.3) is 0 Å². The largest absolute Gasteiger partial charge is 0.465 e. The van der Waals surface area contributed by atoms with Crippen molar-refractivity contribution in [2.24, 2.45) is 0 Å². The summed E-state index contributed by atoms with van der Waals surface area (Å²) in [6.07, 6.45) is -0.202. The van der Waals surface area contributed by atoms with Gasteiger partial charge in [-0.3, -0.25) is 0 Å². The van der Waals surface area contributed by atoms with Crippen LogP contribution >= 0.6 is 0 Å². The first-order valence-electron chi connectivity index (χ1n) is 3.42. The fourth-order valence-corrected chi connectivity index (χ4v) is 0.721. The summed E-state index contributed by atoms with van der Waals surface area (Å²) in [7, 11) is 0. The molecular weight excluding hydrogens is 150 g/mol. The number of amides is 1. The van der Waals surface area contributed by atoms with Crippen LogP contribution in [0.1, 0.15) is 12.8 Å². The van der Waals surface area contributed by atoms with Gasteiger partial charge in [0.05, 0.1) is 12.6 Å². The summed E-state index contributed by atoms with van der Waals surface area (Å²) in [4.78, 5) is 10.0. The topological polar surface area (TPSA) is 89.8 Å². The predicted octanol–water partition coefficient (Wildman–Crippen LogP) is -0.613. The monoisotopic (exact) mass is 163 g/mol. The Hall–Kier alpha value is -0.810. The highest BCUT2D eigenvalue weighted by Gasteiger charge is 2.08. The summed E-state index contributed by atoms with van der Waals surface area (Å²) < 4.78 is 0. The molecule has 4 N–H and O–H groups in total. The molecule has 0 aromatic rings. The zero-order chi connectivity index (χ0) is 8.69. The fraction of sp³-hybridized carbons (Fsp3) is 0.833. The van der Waals surface area contributed by atoms with Crippen LogP contribution in [0, 0.1) is 0 Å². The smallest absolute Gasteiger partial charge is 0.404 e. The predicted molar refractivity (Wildman–Crippen MR) is 38.4 cm³/mol. The minimum atomic E-state index is -1.15. The molecule has 0 aliphatic carbocycles. The lowest BCUT2D eigenvalue weighted by molar-refractivity contribution is 0.171. The SMILES string of the molecule is O=C(O)N[C@@H](CO)CCCO. The first-order valence-corrected chi connectivity index (χ1v) is 3.42. The van der Waals surface area contributed by atoms with Crippen molar-refractivity contribution in [1.82, 2.24) is 5.32 Å². The van der Waals surface area contributed by atoms with Gasteiger partial charge in [-0.15, -0.1) is 0 Å².